The molecule has 1 atom stereocenters. The van der Waals surface area contributed by atoms with Crippen LogP contribution in [-0.2, 0) is 4.79 Å². The minimum Gasteiger partial charge on any atom is -0.480 e. The molecule has 0 saturated heterocycles. The first-order chi connectivity index (χ1) is 13.2. The average molecular weight is 483 g/mol. The van der Waals surface area contributed by atoms with Gasteiger partial charge in [-0.3, -0.25) is 14.7 Å². The number of rotatable bonds is 4. The van der Waals surface area contributed by atoms with Crippen molar-refractivity contribution < 1.29 is 9.90 Å². The molecule has 0 spiro atoms. The Balaban J connectivity index is 1.86. The van der Waals surface area contributed by atoms with Gasteiger partial charge in [0.1, 0.15) is 4.75 Å². The highest BCUT2D eigenvalue weighted by Gasteiger charge is 2.40. The quantitative estimate of drug-likeness (QED) is 0.449. The van der Waals surface area contributed by atoms with Crippen molar-refractivity contribution in [3.05, 3.63) is 40.9 Å². The highest BCUT2D eigenvalue weighted by Crippen LogP contribution is 2.49. The first-order valence-corrected chi connectivity index (χ1v) is 11.2. The van der Waals surface area contributed by atoms with Gasteiger partial charge in [0.15, 0.2) is 10.2 Å². The number of benzene rings is 2. The third kappa shape index (κ3) is 3.37. The van der Waals surface area contributed by atoms with Crippen molar-refractivity contribution in [2.75, 3.05) is 11.9 Å². The molecule has 1 aliphatic heterocycles. The van der Waals surface area contributed by atoms with Crippen molar-refractivity contribution >= 4 is 66.9 Å². The maximum atomic E-state index is 11.7. The van der Waals surface area contributed by atoms with Gasteiger partial charge < -0.3 is 5.11 Å². The monoisotopic (exact) mass is 481 g/mol. The van der Waals surface area contributed by atoms with Gasteiger partial charge in [-0.25, -0.2) is 0 Å². The fourth-order valence-corrected chi connectivity index (χ4v) is 5.30. The second-order valence-electron chi connectivity index (χ2n) is 7.67. The molecule has 5 nitrogen and oxygen atoms in total. The van der Waals surface area contributed by atoms with Gasteiger partial charge in [-0.15, -0.1) is 5.10 Å². The molecule has 0 aromatic heterocycles. The van der Waals surface area contributed by atoms with E-state index in [4.69, 9.17) is 11.6 Å². The number of hydrogen-bond donors (Lipinski definition) is 1. The van der Waals surface area contributed by atoms with Crippen molar-refractivity contribution in [2.24, 2.45) is 5.10 Å². The van der Waals surface area contributed by atoms with Gasteiger partial charge in [-0.2, -0.15) is 0 Å². The molecular weight excluding hydrogens is 462 g/mol. The number of carboxylic acids is 1. The smallest absolute Gasteiger partial charge is 0.319 e. The predicted octanol–water partition coefficient (Wildman–Crippen LogP) is 5.67. The molecular formula is C20H21BrClN3O2S. The molecule has 0 radical (unpaired) electrons. The van der Waals surface area contributed by atoms with Gasteiger partial charge in [-0.1, -0.05) is 47.6 Å². The second-order valence-corrected chi connectivity index (χ2v) is 10.5. The van der Waals surface area contributed by atoms with Crippen LogP contribution in [0.15, 0.2) is 35.4 Å². The molecule has 1 unspecified atom stereocenters. The molecule has 1 heterocycles. The van der Waals surface area contributed by atoms with E-state index in [1.54, 1.807) is 18.9 Å². The van der Waals surface area contributed by atoms with E-state index in [1.807, 2.05) is 24.1 Å². The molecule has 0 amide bonds. The van der Waals surface area contributed by atoms with Crippen LogP contribution in [-0.4, -0.2) is 38.1 Å². The van der Waals surface area contributed by atoms with Gasteiger partial charge in [0.25, 0.3) is 0 Å². The van der Waals surface area contributed by atoms with Crippen LogP contribution in [0, 0.1) is 0 Å². The lowest BCUT2D eigenvalue weighted by Crippen LogP contribution is -2.39. The predicted molar refractivity (Wildman–Crippen MR) is 121 cm³/mol. The van der Waals surface area contributed by atoms with Crippen LogP contribution in [0.2, 0.25) is 5.02 Å². The highest BCUT2D eigenvalue weighted by molar-refractivity contribution is 9.09. The molecule has 1 fully saturated rings. The Morgan fingerprint density at radius 1 is 1.32 bits per heavy atom. The van der Waals surface area contributed by atoms with E-state index in [0.29, 0.717) is 16.1 Å². The summed E-state index contributed by atoms with van der Waals surface area (Å²) < 4.78 is -1.02. The molecule has 4 rings (SSSR count). The molecule has 1 N–H and O–H groups in total. The van der Waals surface area contributed by atoms with E-state index in [9.17, 15) is 9.90 Å². The van der Waals surface area contributed by atoms with Gasteiger partial charge in [0, 0.05) is 12.4 Å². The Kier molecular flexibility index (Phi) is 5.04. The molecule has 2 aromatic carbocycles. The zero-order valence-corrected chi connectivity index (χ0v) is 19.0. The molecule has 28 heavy (non-hydrogen) atoms. The number of aliphatic carboxylic acids is 1. The van der Waals surface area contributed by atoms with Crippen molar-refractivity contribution in [1.82, 2.24) is 5.01 Å². The normalized spacial score (nSPS) is 20.0. The lowest BCUT2D eigenvalue weighted by atomic mass is 9.99. The molecule has 1 aliphatic carbocycles. The molecule has 2 aliphatic rings. The SMILES string of the molecule is CN1N=C(SC(C)(C)C(=O)O)N(c2c(Cl)cc(C3CC3)c3ccccc23)C1Br. The topological polar surface area (TPSA) is 56.1 Å². The molecule has 8 heteroatoms. The van der Waals surface area contributed by atoms with Crippen molar-refractivity contribution in [3.63, 3.8) is 0 Å². The molecule has 2 aromatic rings. The number of thioether (sulfide) groups is 1. The Morgan fingerprint density at radius 2 is 1.96 bits per heavy atom. The van der Waals surface area contributed by atoms with Gasteiger partial charge >= 0.3 is 5.97 Å². The Bertz CT molecular complexity index is 993. The first kappa shape index (κ1) is 19.9. The number of halogens is 2. The summed E-state index contributed by atoms with van der Waals surface area (Å²) >= 11 is 11.7. The fraction of sp³-hybridized carbons (Fsp3) is 0.400. The van der Waals surface area contributed by atoms with Crippen molar-refractivity contribution in [3.8, 4) is 0 Å². The first-order valence-electron chi connectivity index (χ1n) is 9.09. The third-order valence-electron chi connectivity index (χ3n) is 5.09. The van der Waals surface area contributed by atoms with E-state index in [2.05, 4.69) is 39.2 Å². The van der Waals surface area contributed by atoms with Crippen LogP contribution in [0.3, 0.4) is 0 Å². The van der Waals surface area contributed by atoms with E-state index >= 15 is 0 Å². The number of hydrazone groups is 1. The summed E-state index contributed by atoms with van der Waals surface area (Å²) in [5.41, 5.74) is 2.14. The summed E-state index contributed by atoms with van der Waals surface area (Å²) in [7, 11) is 1.85. The van der Waals surface area contributed by atoms with Gasteiger partial charge in [-0.05, 0) is 65.6 Å². The van der Waals surface area contributed by atoms with E-state index in [-0.39, 0.29) is 5.08 Å². The Hall–Kier alpha value is -1.44. The number of alkyl halides is 1. The van der Waals surface area contributed by atoms with Gasteiger partial charge in [0.2, 0.25) is 0 Å². The zero-order chi connectivity index (χ0) is 20.2. The summed E-state index contributed by atoms with van der Waals surface area (Å²) in [5, 5.41) is 19.2. The largest absolute Gasteiger partial charge is 0.480 e. The molecule has 148 valence electrons. The van der Waals surface area contributed by atoms with Crippen LogP contribution in [0.5, 0.6) is 0 Å². The van der Waals surface area contributed by atoms with E-state index in [1.165, 1.54) is 35.6 Å². The Morgan fingerprint density at radius 3 is 2.57 bits per heavy atom. The van der Waals surface area contributed by atoms with Crippen LogP contribution in [0.25, 0.3) is 10.8 Å². The summed E-state index contributed by atoms with van der Waals surface area (Å²) in [4.78, 5) is 13.7. The van der Waals surface area contributed by atoms with Crippen LogP contribution in [0.4, 0.5) is 5.69 Å². The third-order valence-corrected chi connectivity index (χ3v) is 7.53. The number of nitrogens with zero attached hydrogens (tertiary/aromatic N) is 3. The summed E-state index contributed by atoms with van der Waals surface area (Å²) in [6, 6.07) is 10.3. The van der Waals surface area contributed by atoms with Crippen molar-refractivity contribution in [1.29, 1.82) is 0 Å². The Labute approximate surface area is 181 Å². The summed E-state index contributed by atoms with van der Waals surface area (Å²) in [6.07, 6.45) is 2.39. The maximum Gasteiger partial charge on any atom is 0.319 e. The lowest BCUT2D eigenvalue weighted by Gasteiger charge is -2.30. The fourth-order valence-electron chi connectivity index (χ4n) is 3.36. The number of fused-ring (bicyclic) bond motifs is 1. The highest BCUT2D eigenvalue weighted by atomic mass is 79.9. The van der Waals surface area contributed by atoms with Crippen molar-refractivity contribution in [2.45, 2.75) is 42.4 Å². The summed E-state index contributed by atoms with van der Waals surface area (Å²) in [6.45, 7) is 3.36. The lowest BCUT2D eigenvalue weighted by molar-refractivity contribution is -0.138. The van der Waals surface area contributed by atoms with E-state index in [0.717, 1.165) is 11.1 Å². The van der Waals surface area contributed by atoms with Crippen LogP contribution < -0.4 is 4.90 Å². The van der Waals surface area contributed by atoms with Gasteiger partial charge in [0.05, 0.1) is 10.7 Å². The minimum absolute atomic E-state index is 0.257. The number of amidine groups is 1. The zero-order valence-electron chi connectivity index (χ0n) is 15.8. The number of carboxylic acid groups (broad SMARTS) is 1. The summed E-state index contributed by atoms with van der Waals surface area (Å²) in [5.74, 6) is -0.313. The second kappa shape index (κ2) is 7.11. The average Bonchev–Trinajstić information content (AvgIpc) is 3.43. The maximum absolute atomic E-state index is 11.7. The van der Waals surface area contributed by atoms with Crippen LogP contribution >= 0.6 is 39.3 Å². The number of anilines is 1. The standard InChI is InChI=1S/C20H21BrClN3O2S/c1-20(2,17(26)27)28-19-23-24(3)18(21)25(19)16-13-7-5-4-6-12(13)14(10-15(16)22)11-8-9-11/h4-7,10-11,18H,8-9H2,1-3H3,(H,26,27). The van der Waals surface area contributed by atoms with E-state index < -0.39 is 10.7 Å². The molecule has 0 bridgehead atoms. The minimum atomic E-state index is -1.02. The molecule has 1 saturated carbocycles. The van der Waals surface area contributed by atoms with Crippen LogP contribution in [0.1, 0.15) is 38.2 Å². The number of carbonyl (C=O) groups is 1. The number of hydrogen-bond acceptors (Lipinski definition) is 5.